The van der Waals surface area contributed by atoms with Crippen molar-refractivity contribution >= 4 is 29.7 Å². The Labute approximate surface area is 198 Å². The highest BCUT2D eigenvalue weighted by atomic mass is 19.4. The molecule has 0 spiro atoms. The first-order chi connectivity index (χ1) is 16.6. The van der Waals surface area contributed by atoms with E-state index >= 15 is 0 Å². The second kappa shape index (κ2) is 9.54. The van der Waals surface area contributed by atoms with E-state index in [1.54, 1.807) is 24.3 Å². The summed E-state index contributed by atoms with van der Waals surface area (Å²) < 4.78 is 46.4. The van der Waals surface area contributed by atoms with Crippen LogP contribution in [0.3, 0.4) is 0 Å². The van der Waals surface area contributed by atoms with Crippen molar-refractivity contribution in [1.82, 2.24) is 0 Å². The number of hydrogen-bond donors (Lipinski definition) is 1. The van der Waals surface area contributed by atoms with Crippen molar-refractivity contribution in [1.29, 1.82) is 0 Å². The molecule has 0 radical (unpaired) electrons. The lowest BCUT2D eigenvalue weighted by molar-refractivity contribution is -0.274. The van der Waals surface area contributed by atoms with E-state index in [9.17, 15) is 22.8 Å². The van der Waals surface area contributed by atoms with Crippen LogP contribution in [0.15, 0.2) is 60.7 Å². The number of carboxylic acids is 1. The molecule has 1 amide bonds. The molecule has 4 rings (SSSR count). The maximum absolute atomic E-state index is 13.0. The zero-order chi connectivity index (χ0) is 25.2. The van der Waals surface area contributed by atoms with Crippen molar-refractivity contribution in [2.45, 2.75) is 19.8 Å². The fourth-order valence-electron chi connectivity index (χ4n) is 3.81. The third-order valence-electron chi connectivity index (χ3n) is 5.39. The van der Waals surface area contributed by atoms with Crippen LogP contribution in [0.25, 0.3) is 12.2 Å². The number of halogens is 3. The molecule has 35 heavy (non-hydrogen) atoms. The molecular formula is C26H20F3NO5. The van der Waals surface area contributed by atoms with E-state index in [-0.39, 0.29) is 18.2 Å². The van der Waals surface area contributed by atoms with Gasteiger partial charge in [0.15, 0.2) is 6.61 Å². The van der Waals surface area contributed by atoms with Gasteiger partial charge in [-0.2, -0.15) is 0 Å². The van der Waals surface area contributed by atoms with Crippen molar-refractivity contribution in [3.05, 3.63) is 88.5 Å². The highest BCUT2D eigenvalue weighted by Gasteiger charge is 2.32. The summed E-state index contributed by atoms with van der Waals surface area (Å²) in [6, 6.07) is 15.9. The number of carbonyl (C=O) groups is 2. The van der Waals surface area contributed by atoms with Crippen LogP contribution in [0.2, 0.25) is 0 Å². The van der Waals surface area contributed by atoms with E-state index in [4.69, 9.17) is 9.84 Å². The van der Waals surface area contributed by atoms with Crippen LogP contribution in [0.4, 0.5) is 18.9 Å². The average molecular weight is 483 g/mol. The van der Waals surface area contributed by atoms with Gasteiger partial charge in [0, 0.05) is 11.3 Å². The van der Waals surface area contributed by atoms with Crippen LogP contribution >= 0.6 is 0 Å². The van der Waals surface area contributed by atoms with Gasteiger partial charge in [0.25, 0.3) is 5.91 Å². The minimum atomic E-state index is -4.78. The fraction of sp³-hybridized carbons (Fsp3) is 0.154. The van der Waals surface area contributed by atoms with Crippen LogP contribution in [0.1, 0.15) is 32.6 Å². The molecule has 6 nitrogen and oxygen atoms in total. The molecule has 0 saturated heterocycles. The molecule has 180 valence electrons. The molecule has 0 saturated carbocycles. The van der Waals surface area contributed by atoms with Crippen molar-refractivity contribution in [2.75, 3.05) is 11.5 Å². The third-order valence-corrected chi connectivity index (χ3v) is 5.39. The molecule has 1 heterocycles. The largest absolute Gasteiger partial charge is 0.573 e. The maximum Gasteiger partial charge on any atom is 0.573 e. The van der Waals surface area contributed by atoms with Gasteiger partial charge in [0.1, 0.15) is 11.5 Å². The molecule has 0 bridgehead atoms. The SMILES string of the molecule is Cc1cc(/C=C/c2cccc3c2CN(c2ccc(OC(F)(F)F)cc2)C3=O)ccc1OCC(=O)O. The third kappa shape index (κ3) is 5.63. The highest BCUT2D eigenvalue weighted by Crippen LogP contribution is 2.33. The van der Waals surface area contributed by atoms with Gasteiger partial charge < -0.3 is 19.5 Å². The molecule has 3 aromatic carbocycles. The molecule has 1 aliphatic rings. The van der Waals surface area contributed by atoms with Gasteiger partial charge in [-0.05, 0) is 71.6 Å². The Morgan fingerprint density at radius 2 is 1.83 bits per heavy atom. The zero-order valence-corrected chi connectivity index (χ0v) is 18.5. The van der Waals surface area contributed by atoms with Gasteiger partial charge in [0.2, 0.25) is 0 Å². The van der Waals surface area contributed by atoms with Crippen molar-refractivity contribution in [3.63, 3.8) is 0 Å². The van der Waals surface area contributed by atoms with Gasteiger partial charge >= 0.3 is 12.3 Å². The summed E-state index contributed by atoms with van der Waals surface area (Å²) in [4.78, 5) is 25.2. The number of benzene rings is 3. The molecule has 0 aromatic heterocycles. The number of carboxylic acid groups (broad SMARTS) is 1. The van der Waals surface area contributed by atoms with Gasteiger partial charge in [-0.25, -0.2) is 4.79 Å². The predicted octanol–water partition coefficient (Wildman–Crippen LogP) is 5.69. The van der Waals surface area contributed by atoms with Gasteiger partial charge in [-0.3, -0.25) is 4.79 Å². The van der Waals surface area contributed by atoms with E-state index in [0.717, 1.165) is 22.3 Å². The summed E-state index contributed by atoms with van der Waals surface area (Å²) in [6.07, 6.45) is -1.03. The Morgan fingerprint density at radius 3 is 2.49 bits per heavy atom. The molecule has 0 fully saturated rings. The summed E-state index contributed by atoms with van der Waals surface area (Å²) >= 11 is 0. The number of aliphatic carboxylic acids is 1. The molecule has 1 aliphatic heterocycles. The second-order valence-corrected chi connectivity index (χ2v) is 7.85. The Bertz CT molecular complexity index is 1300. The Kier molecular flexibility index (Phi) is 6.50. The van der Waals surface area contributed by atoms with E-state index in [2.05, 4.69) is 4.74 Å². The quantitative estimate of drug-likeness (QED) is 0.437. The van der Waals surface area contributed by atoms with Gasteiger partial charge in [-0.15, -0.1) is 13.2 Å². The van der Waals surface area contributed by atoms with Gasteiger partial charge in [0.05, 0.1) is 6.54 Å². The molecule has 9 heteroatoms. The standard InChI is InChI=1S/C26H20F3NO5/c1-16-13-17(6-12-23(16)34-15-24(31)32)5-7-18-3-2-4-21-22(18)14-30(25(21)33)19-8-10-20(11-9-19)35-26(27,28)29/h2-13H,14-15H2,1H3,(H,31,32)/b7-5+. The Balaban J connectivity index is 1.52. The van der Waals surface area contributed by atoms with Crippen molar-refractivity contribution < 1.29 is 37.3 Å². The molecule has 0 aliphatic carbocycles. The molecule has 0 atom stereocenters. The van der Waals surface area contributed by atoms with E-state index in [1.807, 2.05) is 31.2 Å². The first-order valence-electron chi connectivity index (χ1n) is 10.5. The minimum absolute atomic E-state index is 0.240. The number of fused-ring (bicyclic) bond motifs is 1. The number of anilines is 1. The zero-order valence-electron chi connectivity index (χ0n) is 18.5. The van der Waals surface area contributed by atoms with Crippen molar-refractivity contribution in [2.24, 2.45) is 0 Å². The minimum Gasteiger partial charge on any atom is -0.482 e. The lowest BCUT2D eigenvalue weighted by Crippen LogP contribution is -2.23. The van der Waals surface area contributed by atoms with Crippen LogP contribution in [0, 0.1) is 6.92 Å². The summed E-state index contributed by atoms with van der Waals surface area (Å²) in [5, 5.41) is 8.76. The fourth-order valence-corrected chi connectivity index (χ4v) is 3.81. The van der Waals surface area contributed by atoms with E-state index < -0.39 is 18.9 Å². The molecule has 0 unspecified atom stereocenters. The van der Waals surface area contributed by atoms with E-state index in [0.29, 0.717) is 17.0 Å². The number of alkyl halides is 3. The topological polar surface area (TPSA) is 76.1 Å². The van der Waals surface area contributed by atoms with Crippen LogP contribution in [-0.4, -0.2) is 30.0 Å². The van der Waals surface area contributed by atoms with Crippen LogP contribution < -0.4 is 14.4 Å². The molecule has 1 N–H and O–H groups in total. The predicted molar refractivity (Wildman–Crippen MR) is 123 cm³/mol. The summed E-state index contributed by atoms with van der Waals surface area (Å²) in [5.41, 5.74) is 4.27. The summed E-state index contributed by atoms with van der Waals surface area (Å²) in [7, 11) is 0. The second-order valence-electron chi connectivity index (χ2n) is 7.85. The van der Waals surface area contributed by atoms with E-state index in [1.165, 1.54) is 29.2 Å². The highest BCUT2D eigenvalue weighted by molar-refractivity contribution is 6.10. The number of carbonyl (C=O) groups excluding carboxylic acids is 1. The van der Waals surface area contributed by atoms with Crippen molar-refractivity contribution in [3.8, 4) is 11.5 Å². The maximum atomic E-state index is 13.0. The Morgan fingerprint density at radius 1 is 1.09 bits per heavy atom. The number of hydrogen-bond acceptors (Lipinski definition) is 4. The monoisotopic (exact) mass is 483 g/mol. The lowest BCUT2D eigenvalue weighted by atomic mass is 10.0. The molecule has 3 aromatic rings. The number of amides is 1. The number of nitrogens with zero attached hydrogens (tertiary/aromatic N) is 1. The first kappa shape index (κ1) is 23.9. The number of rotatable bonds is 7. The number of aryl methyl sites for hydroxylation is 1. The molecular weight excluding hydrogens is 463 g/mol. The average Bonchev–Trinajstić information content (AvgIpc) is 3.13. The lowest BCUT2D eigenvalue weighted by Gasteiger charge is -2.16. The number of ether oxygens (including phenoxy) is 2. The summed E-state index contributed by atoms with van der Waals surface area (Å²) in [5.74, 6) is -1.17. The Hall–Kier alpha value is -4.27. The van der Waals surface area contributed by atoms with Gasteiger partial charge in [-0.1, -0.05) is 30.4 Å². The normalized spacial score (nSPS) is 13.3. The summed E-state index contributed by atoms with van der Waals surface area (Å²) in [6.45, 7) is 1.67. The smallest absolute Gasteiger partial charge is 0.482 e. The van der Waals surface area contributed by atoms with Crippen LogP contribution in [0.5, 0.6) is 11.5 Å². The first-order valence-corrected chi connectivity index (χ1v) is 10.5. The van der Waals surface area contributed by atoms with Crippen LogP contribution in [-0.2, 0) is 11.3 Å².